The number of carboxylic acids is 1. The molecule has 0 unspecified atom stereocenters. The first-order valence-electron chi connectivity index (χ1n) is 5.29. The van der Waals surface area contributed by atoms with Crippen LogP contribution in [0.4, 0.5) is 11.4 Å². The second-order valence-electron chi connectivity index (χ2n) is 3.59. The van der Waals surface area contributed by atoms with Crippen molar-refractivity contribution in [1.29, 1.82) is 0 Å². The van der Waals surface area contributed by atoms with Gasteiger partial charge in [0.15, 0.2) is 0 Å². The number of aromatic nitrogens is 1. The molecule has 2 rings (SSSR count). The van der Waals surface area contributed by atoms with Gasteiger partial charge in [0, 0.05) is 10.6 Å². The monoisotopic (exact) mass is 260 g/mol. The van der Waals surface area contributed by atoms with Gasteiger partial charge in [-0.15, -0.1) is 11.8 Å². The number of thioether (sulfide) groups is 1. The highest BCUT2D eigenvalue weighted by atomic mass is 32.2. The molecule has 0 saturated carbocycles. The van der Waals surface area contributed by atoms with Crippen molar-refractivity contribution in [3.05, 3.63) is 48.3 Å². The standard InChI is InChI=1S/C13H12N2O2S/c1-18-11-5-2-9(3-6-11)15-10-4-7-12(13(16)17)14-8-10/h2-8,15H,1H3,(H,16,17). The topological polar surface area (TPSA) is 62.2 Å². The van der Waals surface area contributed by atoms with Crippen LogP contribution in [0.1, 0.15) is 10.5 Å². The first-order chi connectivity index (χ1) is 8.69. The molecule has 0 bridgehead atoms. The molecule has 0 saturated heterocycles. The Labute approximate surface area is 109 Å². The molecular formula is C13H12N2O2S. The number of nitrogens with zero attached hydrogens (tertiary/aromatic N) is 1. The number of nitrogens with one attached hydrogen (secondary N) is 1. The quantitative estimate of drug-likeness (QED) is 0.826. The third kappa shape index (κ3) is 3.01. The summed E-state index contributed by atoms with van der Waals surface area (Å²) >= 11 is 1.68. The Morgan fingerprint density at radius 2 is 1.83 bits per heavy atom. The second kappa shape index (κ2) is 5.55. The summed E-state index contributed by atoms with van der Waals surface area (Å²) in [5.41, 5.74) is 1.74. The molecule has 5 heteroatoms. The number of aromatic carboxylic acids is 1. The molecule has 0 aliphatic rings. The lowest BCUT2D eigenvalue weighted by Crippen LogP contribution is -2.00. The van der Waals surface area contributed by atoms with Crippen molar-refractivity contribution >= 4 is 29.1 Å². The van der Waals surface area contributed by atoms with Crippen molar-refractivity contribution in [2.24, 2.45) is 0 Å². The Balaban J connectivity index is 2.10. The van der Waals surface area contributed by atoms with Crippen LogP contribution in [0.25, 0.3) is 0 Å². The van der Waals surface area contributed by atoms with Crippen LogP contribution >= 0.6 is 11.8 Å². The molecule has 0 amide bonds. The van der Waals surface area contributed by atoms with Gasteiger partial charge >= 0.3 is 5.97 Å². The van der Waals surface area contributed by atoms with Crippen LogP contribution in [0.3, 0.4) is 0 Å². The first kappa shape index (κ1) is 12.4. The van der Waals surface area contributed by atoms with Crippen molar-refractivity contribution in [2.45, 2.75) is 4.90 Å². The maximum Gasteiger partial charge on any atom is 0.354 e. The van der Waals surface area contributed by atoms with E-state index in [0.29, 0.717) is 0 Å². The van der Waals surface area contributed by atoms with Crippen molar-refractivity contribution in [2.75, 3.05) is 11.6 Å². The van der Waals surface area contributed by atoms with Crippen LogP contribution in [-0.4, -0.2) is 22.3 Å². The highest BCUT2D eigenvalue weighted by Gasteiger charge is 2.03. The lowest BCUT2D eigenvalue weighted by atomic mass is 10.3. The normalized spacial score (nSPS) is 10.1. The van der Waals surface area contributed by atoms with Gasteiger partial charge in [0.2, 0.25) is 0 Å². The highest BCUT2D eigenvalue weighted by Crippen LogP contribution is 2.20. The van der Waals surface area contributed by atoms with Crippen LogP contribution < -0.4 is 5.32 Å². The number of anilines is 2. The summed E-state index contributed by atoms with van der Waals surface area (Å²) in [6.07, 6.45) is 3.53. The van der Waals surface area contributed by atoms with Gasteiger partial charge in [-0.3, -0.25) is 0 Å². The summed E-state index contributed by atoms with van der Waals surface area (Å²) in [6, 6.07) is 11.1. The van der Waals surface area contributed by atoms with E-state index in [-0.39, 0.29) is 5.69 Å². The van der Waals surface area contributed by atoms with Crippen LogP contribution in [0.2, 0.25) is 0 Å². The zero-order chi connectivity index (χ0) is 13.0. The molecule has 1 heterocycles. The summed E-state index contributed by atoms with van der Waals surface area (Å²) in [5.74, 6) is -1.02. The van der Waals surface area contributed by atoms with Gasteiger partial charge in [0.25, 0.3) is 0 Å². The third-order valence-electron chi connectivity index (χ3n) is 2.36. The molecule has 18 heavy (non-hydrogen) atoms. The van der Waals surface area contributed by atoms with Crippen molar-refractivity contribution < 1.29 is 9.90 Å². The number of carboxylic acid groups (broad SMARTS) is 1. The summed E-state index contributed by atoms with van der Waals surface area (Å²) in [4.78, 5) is 15.7. The summed E-state index contributed by atoms with van der Waals surface area (Å²) < 4.78 is 0. The van der Waals surface area contributed by atoms with Crippen molar-refractivity contribution in [3.63, 3.8) is 0 Å². The van der Waals surface area contributed by atoms with Gasteiger partial charge in [-0.2, -0.15) is 0 Å². The average molecular weight is 260 g/mol. The smallest absolute Gasteiger partial charge is 0.354 e. The molecule has 92 valence electrons. The molecule has 0 spiro atoms. The molecule has 1 aromatic heterocycles. The summed E-state index contributed by atoms with van der Waals surface area (Å²) in [5, 5.41) is 11.9. The van der Waals surface area contributed by atoms with Gasteiger partial charge in [-0.25, -0.2) is 9.78 Å². The number of benzene rings is 1. The van der Waals surface area contributed by atoms with E-state index in [1.165, 1.54) is 17.2 Å². The number of hydrogen-bond donors (Lipinski definition) is 2. The van der Waals surface area contributed by atoms with Gasteiger partial charge < -0.3 is 10.4 Å². The van der Waals surface area contributed by atoms with Crippen molar-refractivity contribution in [3.8, 4) is 0 Å². The zero-order valence-corrected chi connectivity index (χ0v) is 10.6. The fourth-order valence-corrected chi connectivity index (χ4v) is 1.84. The van der Waals surface area contributed by atoms with E-state index in [4.69, 9.17) is 5.11 Å². The van der Waals surface area contributed by atoms with E-state index in [9.17, 15) is 4.79 Å². The van der Waals surface area contributed by atoms with Crippen LogP contribution in [-0.2, 0) is 0 Å². The molecule has 4 nitrogen and oxygen atoms in total. The van der Waals surface area contributed by atoms with E-state index in [2.05, 4.69) is 10.3 Å². The van der Waals surface area contributed by atoms with Gasteiger partial charge in [0.05, 0.1) is 11.9 Å². The van der Waals surface area contributed by atoms with E-state index in [1.54, 1.807) is 17.8 Å². The Morgan fingerprint density at radius 1 is 1.17 bits per heavy atom. The molecule has 0 aliphatic heterocycles. The Morgan fingerprint density at radius 3 is 2.33 bits per heavy atom. The predicted octanol–water partition coefficient (Wildman–Crippen LogP) is 3.25. The maximum atomic E-state index is 10.7. The van der Waals surface area contributed by atoms with E-state index in [1.807, 2.05) is 30.5 Å². The predicted molar refractivity (Wildman–Crippen MR) is 72.7 cm³/mol. The van der Waals surface area contributed by atoms with Gasteiger partial charge in [-0.05, 0) is 42.7 Å². The molecule has 0 atom stereocenters. The second-order valence-corrected chi connectivity index (χ2v) is 4.47. The Hall–Kier alpha value is -2.01. The average Bonchev–Trinajstić information content (AvgIpc) is 2.40. The van der Waals surface area contributed by atoms with Crippen LogP contribution in [0, 0.1) is 0 Å². The molecule has 1 aromatic carbocycles. The fraction of sp³-hybridized carbons (Fsp3) is 0.0769. The fourth-order valence-electron chi connectivity index (χ4n) is 1.44. The lowest BCUT2D eigenvalue weighted by molar-refractivity contribution is 0.0690. The number of pyridine rings is 1. The number of hydrogen-bond acceptors (Lipinski definition) is 4. The molecule has 2 N–H and O–H groups in total. The highest BCUT2D eigenvalue weighted by molar-refractivity contribution is 7.98. The first-order valence-corrected chi connectivity index (χ1v) is 6.52. The van der Waals surface area contributed by atoms with E-state index >= 15 is 0 Å². The SMILES string of the molecule is CSc1ccc(Nc2ccc(C(=O)O)nc2)cc1. The third-order valence-corrected chi connectivity index (χ3v) is 3.10. The summed E-state index contributed by atoms with van der Waals surface area (Å²) in [6.45, 7) is 0. The van der Waals surface area contributed by atoms with Crippen molar-refractivity contribution in [1.82, 2.24) is 4.98 Å². The minimum Gasteiger partial charge on any atom is -0.477 e. The molecule has 0 aliphatic carbocycles. The van der Waals surface area contributed by atoms with Gasteiger partial charge in [0.1, 0.15) is 5.69 Å². The zero-order valence-electron chi connectivity index (χ0n) is 9.75. The molecule has 0 fully saturated rings. The lowest BCUT2D eigenvalue weighted by Gasteiger charge is -2.06. The number of rotatable bonds is 4. The van der Waals surface area contributed by atoms with Crippen LogP contribution in [0.15, 0.2) is 47.5 Å². The molecule has 0 radical (unpaired) electrons. The summed E-state index contributed by atoms with van der Waals surface area (Å²) in [7, 11) is 0. The minimum absolute atomic E-state index is 0.0401. The molecule has 2 aromatic rings. The Kier molecular flexibility index (Phi) is 3.84. The Bertz CT molecular complexity index is 538. The van der Waals surface area contributed by atoms with Crippen LogP contribution in [0.5, 0.6) is 0 Å². The minimum atomic E-state index is -1.02. The van der Waals surface area contributed by atoms with E-state index in [0.717, 1.165) is 11.4 Å². The number of carbonyl (C=O) groups is 1. The van der Waals surface area contributed by atoms with E-state index < -0.39 is 5.97 Å². The largest absolute Gasteiger partial charge is 0.477 e. The molecular weight excluding hydrogens is 248 g/mol. The van der Waals surface area contributed by atoms with Gasteiger partial charge in [-0.1, -0.05) is 0 Å². The maximum absolute atomic E-state index is 10.7.